The van der Waals surface area contributed by atoms with Crippen LogP contribution in [-0.2, 0) is 9.53 Å². The summed E-state index contributed by atoms with van der Waals surface area (Å²) in [6.07, 6.45) is 1.01. The van der Waals surface area contributed by atoms with Crippen molar-refractivity contribution in [3.63, 3.8) is 0 Å². The van der Waals surface area contributed by atoms with E-state index in [1.54, 1.807) is 6.21 Å². The topological polar surface area (TPSA) is 50.7 Å². The lowest BCUT2D eigenvalue weighted by Crippen LogP contribution is -2.26. The number of carbonyl (C=O) groups excluding carboxylic acids is 1. The molecule has 0 aromatic heterocycles. The lowest BCUT2D eigenvalue weighted by molar-refractivity contribution is -0.131. The summed E-state index contributed by atoms with van der Waals surface area (Å²) in [5.74, 6) is -0.294. The van der Waals surface area contributed by atoms with Gasteiger partial charge in [-0.05, 0) is 37.5 Å². The SMILES string of the molecule is CO[C@H](C(=O)N/N=C\c1c(C)cc(C)cc1C)c1ccccc1. The van der Waals surface area contributed by atoms with E-state index in [9.17, 15) is 4.79 Å². The van der Waals surface area contributed by atoms with Gasteiger partial charge in [0.1, 0.15) is 0 Å². The molecule has 0 saturated carbocycles. The largest absolute Gasteiger partial charge is 0.367 e. The second-order valence-electron chi connectivity index (χ2n) is 5.57. The number of carbonyl (C=O) groups is 1. The average molecular weight is 310 g/mol. The van der Waals surface area contributed by atoms with Gasteiger partial charge in [0, 0.05) is 12.7 Å². The van der Waals surface area contributed by atoms with E-state index < -0.39 is 6.10 Å². The van der Waals surface area contributed by atoms with Gasteiger partial charge in [-0.25, -0.2) is 5.43 Å². The van der Waals surface area contributed by atoms with Crippen LogP contribution < -0.4 is 5.43 Å². The fraction of sp³-hybridized carbons (Fsp3) is 0.263. The van der Waals surface area contributed by atoms with Crippen LogP contribution in [0.3, 0.4) is 0 Å². The number of nitrogens with zero attached hydrogens (tertiary/aromatic N) is 1. The molecule has 2 aromatic rings. The van der Waals surface area contributed by atoms with E-state index in [0.717, 1.165) is 22.3 Å². The van der Waals surface area contributed by atoms with E-state index in [2.05, 4.69) is 29.6 Å². The lowest BCUT2D eigenvalue weighted by atomic mass is 10.0. The molecule has 2 aromatic carbocycles. The number of rotatable bonds is 5. The van der Waals surface area contributed by atoms with Gasteiger partial charge in [-0.3, -0.25) is 4.79 Å². The zero-order valence-electron chi connectivity index (χ0n) is 14.0. The van der Waals surface area contributed by atoms with Crippen LogP contribution in [0.4, 0.5) is 0 Å². The van der Waals surface area contributed by atoms with E-state index in [1.807, 2.05) is 44.2 Å². The summed E-state index contributed by atoms with van der Waals surface area (Å²) in [7, 11) is 1.51. The first-order valence-electron chi connectivity index (χ1n) is 7.51. The first kappa shape index (κ1) is 16.9. The van der Waals surface area contributed by atoms with Crippen molar-refractivity contribution in [3.05, 3.63) is 70.3 Å². The van der Waals surface area contributed by atoms with E-state index in [-0.39, 0.29) is 5.91 Å². The van der Waals surface area contributed by atoms with E-state index >= 15 is 0 Å². The van der Waals surface area contributed by atoms with Gasteiger partial charge in [-0.2, -0.15) is 5.10 Å². The van der Waals surface area contributed by atoms with Gasteiger partial charge in [0.2, 0.25) is 0 Å². The third-order valence-corrected chi connectivity index (χ3v) is 3.68. The van der Waals surface area contributed by atoms with Gasteiger partial charge < -0.3 is 4.74 Å². The van der Waals surface area contributed by atoms with Crippen LogP contribution in [0.2, 0.25) is 0 Å². The van der Waals surface area contributed by atoms with Crippen LogP contribution in [0, 0.1) is 20.8 Å². The molecule has 1 amide bonds. The highest BCUT2D eigenvalue weighted by atomic mass is 16.5. The van der Waals surface area contributed by atoms with Gasteiger partial charge >= 0.3 is 0 Å². The van der Waals surface area contributed by atoms with Crippen LogP contribution in [0.1, 0.15) is 33.9 Å². The molecule has 0 bridgehead atoms. The molecule has 0 aliphatic heterocycles. The van der Waals surface area contributed by atoms with Crippen LogP contribution in [0.5, 0.6) is 0 Å². The number of hydrazone groups is 1. The van der Waals surface area contributed by atoms with Crippen molar-refractivity contribution in [1.82, 2.24) is 5.43 Å². The number of hydrogen-bond donors (Lipinski definition) is 1. The third kappa shape index (κ3) is 4.27. The van der Waals surface area contributed by atoms with Crippen LogP contribution >= 0.6 is 0 Å². The predicted molar refractivity (Wildman–Crippen MR) is 92.6 cm³/mol. The van der Waals surface area contributed by atoms with Crippen molar-refractivity contribution < 1.29 is 9.53 Å². The minimum absolute atomic E-state index is 0.294. The Labute approximate surface area is 137 Å². The number of hydrogen-bond acceptors (Lipinski definition) is 3. The Kier molecular flexibility index (Phi) is 5.66. The lowest BCUT2D eigenvalue weighted by Gasteiger charge is -2.13. The predicted octanol–water partition coefficient (Wildman–Crippen LogP) is 3.45. The van der Waals surface area contributed by atoms with Gasteiger partial charge in [0.15, 0.2) is 6.10 Å². The maximum atomic E-state index is 12.2. The number of aryl methyl sites for hydroxylation is 3. The summed E-state index contributed by atoms with van der Waals surface area (Å²) < 4.78 is 5.28. The molecule has 23 heavy (non-hydrogen) atoms. The van der Waals surface area contributed by atoms with Gasteiger partial charge in [-0.15, -0.1) is 0 Å². The molecular formula is C19H22N2O2. The summed E-state index contributed by atoms with van der Waals surface area (Å²) in [4.78, 5) is 12.2. The molecule has 4 nitrogen and oxygen atoms in total. The Morgan fingerprint density at radius 1 is 1.13 bits per heavy atom. The van der Waals surface area contributed by atoms with E-state index in [0.29, 0.717) is 0 Å². The Morgan fingerprint density at radius 2 is 1.74 bits per heavy atom. The summed E-state index contributed by atoms with van der Waals surface area (Å²) in [6, 6.07) is 13.5. The zero-order valence-corrected chi connectivity index (χ0v) is 14.0. The highest BCUT2D eigenvalue weighted by molar-refractivity contribution is 5.87. The normalized spacial score (nSPS) is 12.3. The average Bonchev–Trinajstić information content (AvgIpc) is 2.51. The summed E-state index contributed by atoms with van der Waals surface area (Å²) >= 11 is 0. The highest BCUT2D eigenvalue weighted by Gasteiger charge is 2.19. The van der Waals surface area contributed by atoms with Crippen molar-refractivity contribution >= 4 is 12.1 Å². The third-order valence-electron chi connectivity index (χ3n) is 3.68. The maximum Gasteiger partial charge on any atom is 0.273 e. The molecule has 2 rings (SSSR count). The highest BCUT2D eigenvalue weighted by Crippen LogP contribution is 2.16. The van der Waals surface area contributed by atoms with Crippen LogP contribution in [-0.4, -0.2) is 19.2 Å². The standard InChI is InChI=1S/C19H22N2O2/c1-13-10-14(2)17(15(3)11-13)12-20-21-19(22)18(23-4)16-8-6-5-7-9-16/h5-12,18H,1-4H3,(H,21,22)/b20-12-/t18-/m0/s1. The number of methoxy groups -OCH3 is 1. The molecule has 0 saturated heterocycles. The molecule has 0 aliphatic carbocycles. The summed E-state index contributed by atoms with van der Waals surface area (Å²) in [5, 5.41) is 4.08. The molecule has 0 heterocycles. The molecule has 0 unspecified atom stereocenters. The number of benzene rings is 2. The van der Waals surface area contributed by atoms with Crippen molar-refractivity contribution in [2.45, 2.75) is 26.9 Å². The Hall–Kier alpha value is -2.46. The molecule has 1 N–H and O–H groups in total. The molecule has 4 heteroatoms. The molecule has 0 radical (unpaired) electrons. The summed E-state index contributed by atoms with van der Waals surface area (Å²) in [5.41, 5.74) is 7.85. The van der Waals surface area contributed by atoms with Crippen LogP contribution in [0.15, 0.2) is 47.6 Å². The number of nitrogens with one attached hydrogen (secondary N) is 1. The quantitative estimate of drug-likeness (QED) is 0.679. The monoisotopic (exact) mass is 310 g/mol. The maximum absolute atomic E-state index is 12.2. The molecular weight excluding hydrogens is 288 g/mol. The van der Waals surface area contributed by atoms with Gasteiger partial charge in [0.25, 0.3) is 5.91 Å². The minimum Gasteiger partial charge on any atom is -0.367 e. The van der Waals surface area contributed by atoms with Gasteiger partial charge in [-0.1, -0.05) is 48.0 Å². The first-order chi connectivity index (χ1) is 11.0. The van der Waals surface area contributed by atoms with Crippen molar-refractivity contribution in [3.8, 4) is 0 Å². The van der Waals surface area contributed by atoms with Crippen molar-refractivity contribution in [2.24, 2.45) is 5.10 Å². The first-order valence-corrected chi connectivity index (χ1v) is 7.51. The fourth-order valence-corrected chi connectivity index (χ4v) is 2.64. The Morgan fingerprint density at radius 3 is 2.30 bits per heavy atom. The van der Waals surface area contributed by atoms with E-state index in [4.69, 9.17) is 4.74 Å². The molecule has 1 atom stereocenters. The molecule has 0 aliphatic rings. The van der Waals surface area contributed by atoms with Crippen molar-refractivity contribution in [2.75, 3.05) is 7.11 Å². The molecule has 120 valence electrons. The second-order valence-corrected chi connectivity index (χ2v) is 5.57. The zero-order chi connectivity index (χ0) is 16.8. The number of amides is 1. The number of ether oxygens (including phenoxy) is 1. The van der Waals surface area contributed by atoms with Crippen LogP contribution in [0.25, 0.3) is 0 Å². The second kappa shape index (κ2) is 7.70. The van der Waals surface area contributed by atoms with E-state index in [1.165, 1.54) is 12.7 Å². The van der Waals surface area contributed by atoms with Gasteiger partial charge in [0.05, 0.1) is 6.21 Å². The minimum atomic E-state index is -0.673. The molecule has 0 fully saturated rings. The summed E-state index contributed by atoms with van der Waals surface area (Å²) in [6.45, 7) is 6.13. The smallest absolute Gasteiger partial charge is 0.273 e. The Bertz CT molecular complexity index is 686. The fourth-order valence-electron chi connectivity index (χ4n) is 2.64. The van der Waals surface area contributed by atoms with Crippen molar-refractivity contribution in [1.29, 1.82) is 0 Å². The Balaban J connectivity index is 2.09. The molecule has 0 spiro atoms.